The molecule has 0 saturated carbocycles. The first-order chi connectivity index (χ1) is 16.9. The normalized spacial score (nSPS) is 11.9. The largest absolute Gasteiger partial charge is 0.416 e. The molecule has 192 valence electrons. The SMILES string of the molecule is CC(C)CN(Cc1cccc(OS(=O)(=O)c2cccc(C(F)(F)F)c2)c1)C(=O)CSc1ccccc1. The molecule has 10 heteroatoms. The number of hydrogen-bond acceptors (Lipinski definition) is 5. The molecular formula is C26H26F3NO4S2. The van der Waals surface area contributed by atoms with Crippen molar-refractivity contribution in [1.82, 2.24) is 4.90 Å². The average Bonchev–Trinajstić information content (AvgIpc) is 2.82. The van der Waals surface area contributed by atoms with Crippen molar-refractivity contribution in [2.24, 2.45) is 5.92 Å². The molecule has 0 aromatic heterocycles. The third kappa shape index (κ3) is 8.03. The Labute approximate surface area is 213 Å². The lowest BCUT2D eigenvalue weighted by Crippen LogP contribution is -2.35. The van der Waals surface area contributed by atoms with Crippen LogP contribution in [0.1, 0.15) is 25.0 Å². The van der Waals surface area contributed by atoms with Crippen LogP contribution in [0, 0.1) is 5.92 Å². The predicted octanol–water partition coefficient (Wildman–Crippen LogP) is 6.25. The second-order valence-electron chi connectivity index (χ2n) is 8.48. The van der Waals surface area contributed by atoms with Gasteiger partial charge in [0.25, 0.3) is 0 Å². The average molecular weight is 538 g/mol. The van der Waals surface area contributed by atoms with Crippen LogP contribution in [-0.4, -0.2) is 31.5 Å². The van der Waals surface area contributed by atoms with Gasteiger partial charge in [-0.2, -0.15) is 21.6 Å². The number of hydrogen-bond donors (Lipinski definition) is 0. The molecule has 0 spiro atoms. The van der Waals surface area contributed by atoms with Gasteiger partial charge in [0.2, 0.25) is 5.91 Å². The Bertz CT molecular complexity index is 1280. The van der Waals surface area contributed by atoms with Crippen LogP contribution in [0.4, 0.5) is 13.2 Å². The van der Waals surface area contributed by atoms with E-state index < -0.39 is 26.8 Å². The Kier molecular flexibility index (Phi) is 9.08. The van der Waals surface area contributed by atoms with Crippen molar-refractivity contribution in [2.45, 2.75) is 36.4 Å². The number of halogens is 3. The van der Waals surface area contributed by atoms with Crippen LogP contribution in [0.5, 0.6) is 5.75 Å². The minimum atomic E-state index is -4.68. The Morgan fingerprint density at radius 1 is 0.972 bits per heavy atom. The summed E-state index contributed by atoms with van der Waals surface area (Å²) in [5.41, 5.74) is -0.456. The van der Waals surface area contributed by atoms with E-state index in [4.69, 9.17) is 4.18 Å². The maximum atomic E-state index is 13.0. The number of thioether (sulfide) groups is 1. The molecule has 1 amide bonds. The number of amides is 1. The van der Waals surface area contributed by atoms with Crippen LogP contribution < -0.4 is 4.18 Å². The molecule has 36 heavy (non-hydrogen) atoms. The summed E-state index contributed by atoms with van der Waals surface area (Å²) in [7, 11) is -4.50. The summed E-state index contributed by atoms with van der Waals surface area (Å²) >= 11 is 1.43. The van der Waals surface area contributed by atoms with E-state index in [1.54, 1.807) is 17.0 Å². The first kappa shape index (κ1) is 27.6. The predicted molar refractivity (Wildman–Crippen MR) is 133 cm³/mol. The van der Waals surface area contributed by atoms with E-state index in [2.05, 4.69) is 0 Å². The monoisotopic (exact) mass is 537 g/mol. The molecule has 3 aromatic carbocycles. The quantitative estimate of drug-likeness (QED) is 0.226. The molecule has 0 unspecified atom stereocenters. The maximum Gasteiger partial charge on any atom is 0.416 e. The van der Waals surface area contributed by atoms with Gasteiger partial charge >= 0.3 is 16.3 Å². The molecule has 0 aliphatic rings. The van der Waals surface area contributed by atoms with Crippen LogP contribution >= 0.6 is 11.8 Å². The van der Waals surface area contributed by atoms with Crippen molar-refractivity contribution in [3.63, 3.8) is 0 Å². The van der Waals surface area contributed by atoms with Gasteiger partial charge in [0.1, 0.15) is 10.6 Å². The summed E-state index contributed by atoms with van der Waals surface area (Å²) in [6, 6.07) is 19.1. The van der Waals surface area contributed by atoms with Gasteiger partial charge in [-0.25, -0.2) is 0 Å². The molecule has 0 aliphatic carbocycles. The second-order valence-corrected chi connectivity index (χ2v) is 11.1. The van der Waals surface area contributed by atoms with Crippen LogP contribution in [-0.2, 0) is 27.6 Å². The second kappa shape index (κ2) is 11.8. The molecule has 0 N–H and O–H groups in total. The van der Waals surface area contributed by atoms with E-state index >= 15 is 0 Å². The van der Waals surface area contributed by atoms with Crippen molar-refractivity contribution in [3.05, 3.63) is 90.0 Å². The fourth-order valence-electron chi connectivity index (χ4n) is 3.37. The van der Waals surface area contributed by atoms with Gasteiger partial charge in [-0.05, 0) is 53.9 Å². The van der Waals surface area contributed by atoms with E-state index in [0.29, 0.717) is 18.2 Å². The van der Waals surface area contributed by atoms with Gasteiger partial charge in [0.05, 0.1) is 11.3 Å². The summed E-state index contributed by atoms with van der Waals surface area (Å²) in [5.74, 6) is 0.328. The molecule has 5 nitrogen and oxygen atoms in total. The number of benzene rings is 3. The lowest BCUT2D eigenvalue weighted by atomic mass is 10.1. The van der Waals surface area contributed by atoms with E-state index in [1.165, 1.54) is 23.9 Å². The maximum absolute atomic E-state index is 13.0. The smallest absolute Gasteiger partial charge is 0.379 e. The fourth-order valence-corrected chi connectivity index (χ4v) is 5.16. The highest BCUT2D eigenvalue weighted by Crippen LogP contribution is 2.31. The molecule has 3 aromatic rings. The minimum absolute atomic E-state index is 0.0551. The summed E-state index contributed by atoms with van der Waals surface area (Å²) in [6.45, 7) is 4.71. The summed E-state index contributed by atoms with van der Waals surface area (Å²) in [4.78, 5) is 15.0. The molecule has 0 saturated heterocycles. The number of carbonyl (C=O) groups excluding carboxylic acids is 1. The summed E-state index contributed by atoms with van der Waals surface area (Å²) in [6.07, 6.45) is -4.68. The molecule has 0 radical (unpaired) electrons. The zero-order valence-electron chi connectivity index (χ0n) is 19.7. The Balaban J connectivity index is 1.74. The highest BCUT2D eigenvalue weighted by molar-refractivity contribution is 8.00. The van der Waals surface area contributed by atoms with E-state index in [0.717, 1.165) is 23.1 Å². The van der Waals surface area contributed by atoms with Crippen LogP contribution in [0.15, 0.2) is 88.7 Å². The highest BCUT2D eigenvalue weighted by atomic mass is 32.2. The summed E-state index contributed by atoms with van der Waals surface area (Å²) < 4.78 is 69.4. The van der Waals surface area contributed by atoms with E-state index in [-0.39, 0.29) is 29.9 Å². The third-order valence-corrected chi connectivity index (χ3v) is 7.21. The van der Waals surface area contributed by atoms with Gasteiger partial charge in [-0.15, -0.1) is 11.8 Å². The van der Waals surface area contributed by atoms with Crippen LogP contribution in [0.25, 0.3) is 0 Å². The van der Waals surface area contributed by atoms with E-state index in [1.807, 2.05) is 44.2 Å². The first-order valence-electron chi connectivity index (χ1n) is 11.1. The zero-order chi connectivity index (χ0) is 26.3. The van der Waals surface area contributed by atoms with Crippen molar-refractivity contribution < 1.29 is 30.6 Å². The standard InChI is InChI=1S/C26H26F3NO4S2/c1-19(2)16-30(25(31)18-35-23-11-4-3-5-12-23)17-20-8-6-10-22(14-20)34-36(32,33)24-13-7-9-21(15-24)26(27,28)29/h3-15,19H,16-18H2,1-2H3. The van der Waals surface area contributed by atoms with Gasteiger partial charge < -0.3 is 9.08 Å². The number of nitrogens with zero attached hydrogens (tertiary/aromatic N) is 1. The van der Waals surface area contributed by atoms with Crippen molar-refractivity contribution in [1.29, 1.82) is 0 Å². The van der Waals surface area contributed by atoms with Crippen LogP contribution in [0.3, 0.4) is 0 Å². The lowest BCUT2D eigenvalue weighted by Gasteiger charge is -2.25. The minimum Gasteiger partial charge on any atom is -0.379 e. The van der Waals surface area contributed by atoms with Gasteiger partial charge in [0, 0.05) is 18.0 Å². The molecular weight excluding hydrogens is 511 g/mol. The zero-order valence-corrected chi connectivity index (χ0v) is 21.4. The van der Waals surface area contributed by atoms with Gasteiger partial charge in [-0.3, -0.25) is 4.79 Å². The van der Waals surface area contributed by atoms with Crippen LogP contribution in [0.2, 0.25) is 0 Å². The Hall–Kier alpha value is -2.98. The first-order valence-corrected chi connectivity index (χ1v) is 13.5. The van der Waals surface area contributed by atoms with Crippen molar-refractivity contribution >= 4 is 27.8 Å². The van der Waals surface area contributed by atoms with Crippen molar-refractivity contribution in [3.8, 4) is 5.75 Å². The number of alkyl halides is 3. The van der Waals surface area contributed by atoms with Crippen molar-refractivity contribution in [2.75, 3.05) is 12.3 Å². The highest BCUT2D eigenvalue weighted by Gasteiger charge is 2.32. The lowest BCUT2D eigenvalue weighted by molar-refractivity contribution is -0.137. The van der Waals surface area contributed by atoms with Gasteiger partial charge in [0.15, 0.2) is 0 Å². The molecule has 0 bridgehead atoms. The molecule has 0 aliphatic heterocycles. The molecule has 0 fully saturated rings. The number of carbonyl (C=O) groups is 1. The number of rotatable bonds is 10. The fraction of sp³-hybridized carbons (Fsp3) is 0.269. The van der Waals surface area contributed by atoms with E-state index in [9.17, 15) is 26.4 Å². The summed E-state index contributed by atoms with van der Waals surface area (Å²) in [5, 5.41) is 0. The Morgan fingerprint density at radius 2 is 1.67 bits per heavy atom. The Morgan fingerprint density at radius 3 is 2.33 bits per heavy atom. The topological polar surface area (TPSA) is 63.7 Å². The van der Waals surface area contributed by atoms with Gasteiger partial charge in [-0.1, -0.05) is 50.2 Å². The molecule has 3 rings (SSSR count). The molecule has 0 atom stereocenters. The molecule has 0 heterocycles. The third-order valence-electron chi connectivity index (χ3n) is 4.97.